The van der Waals surface area contributed by atoms with Gasteiger partial charge in [-0.1, -0.05) is 0 Å². The van der Waals surface area contributed by atoms with E-state index in [4.69, 9.17) is 9.84 Å². The first-order valence-electron chi connectivity index (χ1n) is 5.47. The van der Waals surface area contributed by atoms with E-state index in [0.717, 1.165) is 0 Å². The Labute approximate surface area is 104 Å². The fourth-order valence-electron chi connectivity index (χ4n) is 1.32. The lowest BCUT2D eigenvalue weighted by atomic mass is 10.2. The van der Waals surface area contributed by atoms with Gasteiger partial charge in [0.2, 0.25) is 5.91 Å². The van der Waals surface area contributed by atoms with E-state index in [9.17, 15) is 9.59 Å². The standard InChI is InChI=1S/C10H16N4O4/c1-18-5-3-8(10(16)17)13-9(15)2-4-14-7-11-6-12-14/h6-8H,2-5H2,1H3,(H,13,15)(H,16,17). The highest BCUT2D eigenvalue weighted by Crippen LogP contribution is 1.95. The van der Waals surface area contributed by atoms with Crippen LogP contribution in [0.1, 0.15) is 12.8 Å². The number of aromatic nitrogens is 3. The second-order valence-corrected chi connectivity index (χ2v) is 3.65. The van der Waals surface area contributed by atoms with Gasteiger partial charge in [0.05, 0.1) is 6.54 Å². The summed E-state index contributed by atoms with van der Waals surface area (Å²) in [6.45, 7) is 0.642. The van der Waals surface area contributed by atoms with Gasteiger partial charge in [-0.25, -0.2) is 9.78 Å². The molecule has 0 aliphatic rings. The highest BCUT2D eigenvalue weighted by atomic mass is 16.5. The second-order valence-electron chi connectivity index (χ2n) is 3.65. The summed E-state index contributed by atoms with van der Waals surface area (Å²) in [6, 6.07) is -0.923. The number of carboxylic acid groups (broad SMARTS) is 1. The lowest BCUT2D eigenvalue weighted by Crippen LogP contribution is -2.41. The third-order valence-corrected chi connectivity index (χ3v) is 2.28. The largest absolute Gasteiger partial charge is 0.480 e. The molecule has 0 saturated heterocycles. The van der Waals surface area contributed by atoms with E-state index in [2.05, 4.69) is 15.4 Å². The Morgan fingerprint density at radius 1 is 1.56 bits per heavy atom. The van der Waals surface area contributed by atoms with Crippen molar-refractivity contribution in [2.45, 2.75) is 25.4 Å². The van der Waals surface area contributed by atoms with Gasteiger partial charge in [-0.3, -0.25) is 9.48 Å². The van der Waals surface area contributed by atoms with Crippen molar-refractivity contribution in [3.05, 3.63) is 12.7 Å². The topological polar surface area (TPSA) is 106 Å². The van der Waals surface area contributed by atoms with Gasteiger partial charge in [0.15, 0.2) is 0 Å². The van der Waals surface area contributed by atoms with E-state index in [1.54, 1.807) is 0 Å². The van der Waals surface area contributed by atoms with Crippen LogP contribution in [-0.4, -0.2) is 51.5 Å². The molecule has 2 N–H and O–H groups in total. The van der Waals surface area contributed by atoms with Crippen LogP contribution in [0.4, 0.5) is 0 Å². The number of hydrogen-bond acceptors (Lipinski definition) is 5. The number of carbonyl (C=O) groups is 2. The summed E-state index contributed by atoms with van der Waals surface area (Å²) in [6.07, 6.45) is 3.25. The SMILES string of the molecule is COCCC(NC(=O)CCn1cncn1)C(=O)O. The molecule has 1 heterocycles. The van der Waals surface area contributed by atoms with Gasteiger partial charge in [-0.15, -0.1) is 0 Å². The molecular weight excluding hydrogens is 240 g/mol. The molecule has 0 fully saturated rings. The maximum atomic E-state index is 11.5. The molecule has 0 radical (unpaired) electrons. The van der Waals surface area contributed by atoms with Crippen LogP contribution in [0.2, 0.25) is 0 Å². The molecule has 1 aromatic rings. The Kier molecular flexibility index (Phi) is 5.78. The van der Waals surface area contributed by atoms with E-state index in [0.29, 0.717) is 6.54 Å². The molecule has 8 heteroatoms. The number of hydrogen-bond donors (Lipinski definition) is 2. The summed E-state index contributed by atoms with van der Waals surface area (Å²) in [5, 5.41) is 15.2. The summed E-state index contributed by atoms with van der Waals surface area (Å²) in [4.78, 5) is 26.2. The predicted molar refractivity (Wildman–Crippen MR) is 60.7 cm³/mol. The summed E-state index contributed by atoms with van der Waals surface area (Å²) < 4.78 is 6.29. The zero-order valence-electron chi connectivity index (χ0n) is 10.1. The van der Waals surface area contributed by atoms with Crippen LogP contribution in [0.25, 0.3) is 0 Å². The number of methoxy groups -OCH3 is 1. The first kappa shape index (κ1) is 14.1. The zero-order chi connectivity index (χ0) is 13.4. The molecule has 1 amide bonds. The van der Waals surface area contributed by atoms with Crippen LogP contribution in [0.15, 0.2) is 12.7 Å². The zero-order valence-corrected chi connectivity index (χ0v) is 10.1. The minimum atomic E-state index is -1.07. The third-order valence-electron chi connectivity index (χ3n) is 2.28. The van der Waals surface area contributed by atoms with Gasteiger partial charge in [0.25, 0.3) is 0 Å². The quantitative estimate of drug-likeness (QED) is 0.635. The van der Waals surface area contributed by atoms with Crippen LogP contribution in [-0.2, 0) is 20.9 Å². The van der Waals surface area contributed by atoms with Crippen molar-refractivity contribution >= 4 is 11.9 Å². The highest BCUT2D eigenvalue weighted by molar-refractivity contribution is 5.83. The Bertz CT molecular complexity index is 379. The summed E-state index contributed by atoms with van der Waals surface area (Å²) in [5.41, 5.74) is 0. The molecule has 18 heavy (non-hydrogen) atoms. The number of rotatable bonds is 8. The van der Waals surface area contributed by atoms with E-state index in [-0.39, 0.29) is 25.4 Å². The number of nitrogens with one attached hydrogen (secondary N) is 1. The van der Waals surface area contributed by atoms with Crippen molar-refractivity contribution in [3.63, 3.8) is 0 Å². The number of aryl methyl sites for hydroxylation is 1. The van der Waals surface area contributed by atoms with Crippen molar-refractivity contribution in [1.29, 1.82) is 0 Å². The van der Waals surface area contributed by atoms with Crippen molar-refractivity contribution in [1.82, 2.24) is 20.1 Å². The normalized spacial score (nSPS) is 12.1. The maximum Gasteiger partial charge on any atom is 0.326 e. The molecule has 0 aliphatic heterocycles. The first-order valence-corrected chi connectivity index (χ1v) is 5.47. The van der Waals surface area contributed by atoms with Gasteiger partial charge in [0, 0.05) is 26.6 Å². The van der Waals surface area contributed by atoms with Crippen LogP contribution < -0.4 is 5.32 Å². The third kappa shape index (κ3) is 4.91. The molecule has 1 aromatic heterocycles. The van der Waals surface area contributed by atoms with E-state index in [1.165, 1.54) is 24.4 Å². The Morgan fingerprint density at radius 2 is 2.33 bits per heavy atom. The smallest absolute Gasteiger partial charge is 0.326 e. The summed E-state index contributed by atoms with van der Waals surface area (Å²) in [5.74, 6) is -1.41. The minimum Gasteiger partial charge on any atom is -0.480 e. The number of amides is 1. The van der Waals surface area contributed by atoms with Gasteiger partial charge in [0.1, 0.15) is 18.7 Å². The average Bonchev–Trinajstić information content (AvgIpc) is 2.84. The molecule has 0 aliphatic carbocycles. The molecule has 8 nitrogen and oxygen atoms in total. The van der Waals surface area contributed by atoms with Crippen molar-refractivity contribution < 1.29 is 19.4 Å². The van der Waals surface area contributed by atoms with Gasteiger partial charge >= 0.3 is 5.97 Å². The van der Waals surface area contributed by atoms with Crippen LogP contribution >= 0.6 is 0 Å². The lowest BCUT2D eigenvalue weighted by Gasteiger charge is -2.13. The summed E-state index contributed by atoms with van der Waals surface area (Å²) >= 11 is 0. The fraction of sp³-hybridized carbons (Fsp3) is 0.600. The number of carboxylic acids is 1. The van der Waals surface area contributed by atoms with E-state index in [1.807, 2.05) is 0 Å². The predicted octanol–water partition coefficient (Wildman–Crippen LogP) is -0.726. The average molecular weight is 256 g/mol. The van der Waals surface area contributed by atoms with E-state index >= 15 is 0 Å². The molecule has 1 unspecified atom stereocenters. The monoisotopic (exact) mass is 256 g/mol. The minimum absolute atomic E-state index is 0.153. The van der Waals surface area contributed by atoms with Gasteiger partial charge < -0.3 is 15.2 Å². The van der Waals surface area contributed by atoms with Crippen LogP contribution in [0.3, 0.4) is 0 Å². The Morgan fingerprint density at radius 3 is 2.89 bits per heavy atom. The van der Waals surface area contributed by atoms with Crippen LogP contribution in [0, 0.1) is 0 Å². The molecule has 1 rings (SSSR count). The lowest BCUT2D eigenvalue weighted by molar-refractivity contribution is -0.142. The van der Waals surface area contributed by atoms with Gasteiger partial charge in [-0.2, -0.15) is 5.10 Å². The fourth-order valence-corrected chi connectivity index (χ4v) is 1.32. The molecule has 0 saturated carbocycles. The Balaban J connectivity index is 2.34. The maximum absolute atomic E-state index is 11.5. The van der Waals surface area contributed by atoms with Crippen molar-refractivity contribution in [3.8, 4) is 0 Å². The highest BCUT2D eigenvalue weighted by Gasteiger charge is 2.19. The van der Waals surface area contributed by atoms with Crippen molar-refractivity contribution in [2.75, 3.05) is 13.7 Å². The molecular formula is C10H16N4O4. The number of carbonyl (C=O) groups excluding carboxylic acids is 1. The second kappa shape index (κ2) is 7.38. The molecule has 1 atom stereocenters. The summed E-state index contributed by atoms with van der Waals surface area (Å²) in [7, 11) is 1.48. The van der Waals surface area contributed by atoms with Gasteiger partial charge in [-0.05, 0) is 0 Å². The molecule has 0 aromatic carbocycles. The van der Waals surface area contributed by atoms with Crippen molar-refractivity contribution in [2.24, 2.45) is 0 Å². The molecule has 0 spiro atoms. The molecule has 100 valence electrons. The molecule has 0 bridgehead atoms. The van der Waals surface area contributed by atoms with Crippen LogP contribution in [0.5, 0.6) is 0 Å². The number of ether oxygens (including phenoxy) is 1. The first-order chi connectivity index (χ1) is 8.63. The van der Waals surface area contributed by atoms with E-state index < -0.39 is 12.0 Å². The number of nitrogens with zero attached hydrogens (tertiary/aromatic N) is 3. The number of aliphatic carboxylic acids is 1. The Hall–Kier alpha value is -1.96.